The Balaban J connectivity index is 1.14. The quantitative estimate of drug-likeness (QED) is 0.550. The lowest BCUT2D eigenvalue weighted by Gasteiger charge is -2.26. The summed E-state index contributed by atoms with van der Waals surface area (Å²) in [6.45, 7) is 1.65. The molecule has 27 heavy (non-hydrogen) atoms. The Morgan fingerprint density at radius 1 is 1.00 bits per heavy atom. The van der Waals surface area contributed by atoms with Gasteiger partial charge in [-0.15, -0.1) is 0 Å². The monoisotopic (exact) mass is 366 g/mol. The van der Waals surface area contributed by atoms with Crippen LogP contribution in [0.4, 0.5) is 0 Å². The molecule has 0 fully saturated rings. The molecule has 2 aliphatic heterocycles. The molecule has 0 amide bonds. The lowest BCUT2D eigenvalue weighted by Crippen LogP contribution is -2.39. The molecule has 0 aliphatic carbocycles. The van der Waals surface area contributed by atoms with E-state index < -0.39 is 0 Å². The SMILES string of the molecule is c1cnc2cc(OCNCC3COc4cc5c(cc4O3)OCO5)ccc2c1. The predicted octanol–water partition coefficient (Wildman–Crippen LogP) is 2.73. The molecule has 7 heteroatoms. The van der Waals surface area contributed by atoms with Gasteiger partial charge in [0.2, 0.25) is 6.79 Å². The minimum Gasteiger partial charge on any atom is -0.486 e. The molecule has 2 aromatic carbocycles. The number of hydrogen-bond donors (Lipinski definition) is 1. The molecule has 0 bridgehead atoms. The number of benzene rings is 2. The zero-order valence-electron chi connectivity index (χ0n) is 14.5. The molecule has 7 nitrogen and oxygen atoms in total. The summed E-state index contributed by atoms with van der Waals surface area (Å²) in [5.74, 6) is 3.48. The maximum absolute atomic E-state index is 5.98. The molecule has 1 atom stereocenters. The predicted molar refractivity (Wildman–Crippen MR) is 97.7 cm³/mol. The molecule has 1 N–H and O–H groups in total. The maximum Gasteiger partial charge on any atom is 0.231 e. The van der Waals surface area contributed by atoms with Gasteiger partial charge in [0.25, 0.3) is 0 Å². The van der Waals surface area contributed by atoms with Crippen molar-refractivity contribution in [3.8, 4) is 28.7 Å². The molecule has 138 valence electrons. The summed E-state index contributed by atoms with van der Waals surface area (Å²) in [4.78, 5) is 4.33. The van der Waals surface area contributed by atoms with Crippen LogP contribution in [0.3, 0.4) is 0 Å². The molecule has 5 rings (SSSR count). The van der Waals surface area contributed by atoms with Crippen molar-refractivity contribution in [3.63, 3.8) is 0 Å². The van der Waals surface area contributed by atoms with Crippen LogP contribution in [0.5, 0.6) is 28.7 Å². The van der Waals surface area contributed by atoms with Gasteiger partial charge in [-0.05, 0) is 18.2 Å². The van der Waals surface area contributed by atoms with Crippen molar-refractivity contribution in [2.75, 3.05) is 26.7 Å². The van der Waals surface area contributed by atoms with E-state index in [1.54, 1.807) is 12.3 Å². The van der Waals surface area contributed by atoms with Gasteiger partial charge < -0.3 is 23.7 Å². The number of pyridine rings is 1. The highest BCUT2D eigenvalue weighted by Gasteiger charge is 2.25. The number of rotatable bonds is 5. The molecule has 3 heterocycles. The van der Waals surface area contributed by atoms with Crippen LogP contribution in [0.1, 0.15) is 0 Å². The Morgan fingerprint density at radius 2 is 1.85 bits per heavy atom. The third kappa shape index (κ3) is 3.29. The zero-order chi connectivity index (χ0) is 18.1. The maximum atomic E-state index is 5.98. The van der Waals surface area contributed by atoms with Crippen molar-refractivity contribution in [1.29, 1.82) is 0 Å². The summed E-state index contributed by atoms with van der Waals surface area (Å²) in [5, 5.41) is 4.32. The van der Waals surface area contributed by atoms with Gasteiger partial charge in [-0.2, -0.15) is 0 Å². The van der Waals surface area contributed by atoms with Crippen LogP contribution in [-0.4, -0.2) is 37.8 Å². The average Bonchev–Trinajstić information content (AvgIpc) is 3.16. The molecular weight excluding hydrogens is 348 g/mol. The number of aromatic nitrogens is 1. The largest absolute Gasteiger partial charge is 0.486 e. The van der Waals surface area contributed by atoms with Crippen LogP contribution in [0.2, 0.25) is 0 Å². The third-order valence-corrected chi connectivity index (χ3v) is 4.45. The Labute approximate surface area is 155 Å². The van der Waals surface area contributed by atoms with Crippen molar-refractivity contribution in [2.24, 2.45) is 0 Å². The van der Waals surface area contributed by atoms with Gasteiger partial charge >= 0.3 is 0 Å². The minimum absolute atomic E-state index is 0.111. The van der Waals surface area contributed by atoms with E-state index >= 15 is 0 Å². The standard InChI is InChI=1S/C20H18N2O5/c1-2-13-3-4-14(6-16(13)22-5-1)24-11-21-9-15-10-23-19-7-17-18(26-12-25-17)8-20(19)27-15/h1-8,15,21H,9-12H2. The highest BCUT2D eigenvalue weighted by atomic mass is 16.7. The Kier molecular flexibility index (Phi) is 4.06. The van der Waals surface area contributed by atoms with Crippen molar-refractivity contribution in [3.05, 3.63) is 48.7 Å². The van der Waals surface area contributed by atoms with E-state index in [0.717, 1.165) is 16.7 Å². The first-order chi connectivity index (χ1) is 13.3. The summed E-state index contributed by atoms with van der Waals surface area (Å²) in [7, 11) is 0. The van der Waals surface area contributed by atoms with Crippen LogP contribution in [-0.2, 0) is 0 Å². The first-order valence-corrected chi connectivity index (χ1v) is 8.76. The van der Waals surface area contributed by atoms with Gasteiger partial charge in [0.15, 0.2) is 23.0 Å². The smallest absolute Gasteiger partial charge is 0.231 e. The summed E-state index contributed by atoms with van der Waals surface area (Å²) in [6.07, 6.45) is 1.66. The van der Waals surface area contributed by atoms with E-state index in [1.165, 1.54) is 0 Å². The molecule has 1 aromatic heterocycles. The number of nitrogens with one attached hydrogen (secondary N) is 1. The topological polar surface area (TPSA) is 71.1 Å². The van der Waals surface area contributed by atoms with Crippen molar-refractivity contribution in [2.45, 2.75) is 6.10 Å². The molecule has 0 radical (unpaired) electrons. The minimum atomic E-state index is -0.111. The summed E-state index contributed by atoms with van der Waals surface area (Å²) in [5.41, 5.74) is 0.911. The van der Waals surface area contributed by atoms with Gasteiger partial charge in [0, 0.05) is 36.3 Å². The molecular formula is C20H18N2O5. The third-order valence-electron chi connectivity index (χ3n) is 4.45. The van der Waals surface area contributed by atoms with Gasteiger partial charge in [-0.1, -0.05) is 6.07 Å². The van der Waals surface area contributed by atoms with E-state index in [1.807, 2.05) is 36.4 Å². The van der Waals surface area contributed by atoms with E-state index in [9.17, 15) is 0 Å². The molecule has 1 unspecified atom stereocenters. The van der Waals surface area contributed by atoms with Crippen molar-refractivity contribution >= 4 is 10.9 Å². The molecule has 0 saturated carbocycles. The van der Waals surface area contributed by atoms with Gasteiger partial charge in [0.05, 0.1) is 5.52 Å². The normalized spacial score (nSPS) is 17.1. The molecule has 2 aliphatic rings. The van der Waals surface area contributed by atoms with E-state index in [0.29, 0.717) is 42.9 Å². The number of ether oxygens (including phenoxy) is 5. The van der Waals surface area contributed by atoms with Gasteiger partial charge in [-0.25, -0.2) is 0 Å². The Hall–Kier alpha value is -3.19. The van der Waals surface area contributed by atoms with Crippen LogP contribution in [0.25, 0.3) is 10.9 Å². The number of nitrogens with zero attached hydrogens (tertiary/aromatic N) is 1. The van der Waals surface area contributed by atoms with E-state index in [4.69, 9.17) is 23.7 Å². The van der Waals surface area contributed by atoms with Crippen molar-refractivity contribution in [1.82, 2.24) is 10.3 Å². The zero-order valence-corrected chi connectivity index (χ0v) is 14.5. The molecule has 0 spiro atoms. The summed E-state index contributed by atoms with van der Waals surface area (Å²) < 4.78 is 28.2. The highest BCUT2D eigenvalue weighted by Crippen LogP contribution is 2.43. The van der Waals surface area contributed by atoms with E-state index in [2.05, 4.69) is 10.3 Å². The fourth-order valence-corrected chi connectivity index (χ4v) is 3.10. The average molecular weight is 366 g/mol. The fourth-order valence-electron chi connectivity index (χ4n) is 3.10. The number of fused-ring (bicyclic) bond motifs is 3. The number of hydrogen-bond acceptors (Lipinski definition) is 7. The highest BCUT2D eigenvalue weighted by molar-refractivity contribution is 5.79. The molecule has 3 aromatic rings. The fraction of sp³-hybridized carbons (Fsp3) is 0.250. The van der Waals surface area contributed by atoms with Crippen LogP contribution in [0.15, 0.2) is 48.7 Å². The van der Waals surface area contributed by atoms with Crippen LogP contribution >= 0.6 is 0 Å². The lowest BCUT2D eigenvalue weighted by atomic mass is 10.2. The lowest BCUT2D eigenvalue weighted by molar-refractivity contribution is 0.0853. The Morgan fingerprint density at radius 3 is 2.78 bits per heavy atom. The first kappa shape index (κ1) is 16.0. The first-order valence-electron chi connectivity index (χ1n) is 8.76. The van der Waals surface area contributed by atoms with Gasteiger partial charge in [0.1, 0.15) is 25.2 Å². The van der Waals surface area contributed by atoms with Gasteiger partial charge in [-0.3, -0.25) is 10.3 Å². The van der Waals surface area contributed by atoms with Crippen molar-refractivity contribution < 1.29 is 23.7 Å². The second-order valence-corrected chi connectivity index (χ2v) is 6.30. The summed E-state index contributed by atoms with van der Waals surface area (Å²) >= 11 is 0. The van der Waals surface area contributed by atoms with E-state index in [-0.39, 0.29) is 12.9 Å². The molecule has 0 saturated heterocycles. The second kappa shape index (κ2) is 6.85. The van der Waals surface area contributed by atoms with Crippen LogP contribution in [0, 0.1) is 0 Å². The Bertz CT molecular complexity index is 978. The second-order valence-electron chi connectivity index (χ2n) is 6.30. The summed E-state index contributed by atoms with van der Waals surface area (Å²) in [6, 6.07) is 13.4. The van der Waals surface area contributed by atoms with Crippen LogP contribution < -0.4 is 29.0 Å².